The van der Waals surface area contributed by atoms with Crippen LogP contribution in [0.15, 0.2) is 76.3 Å². The molecule has 9 nitrogen and oxygen atoms in total. The third-order valence-corrected chi connectivity index (χ3v) is 8.17. The van der Waals surface area contributed by atoms with Gasteiger partial charge >= 0.3 is 0 Å². The predicted octanol–water partition coefficient (Wildman–Crippen LogP) is 4.42. The number of carbonyl (C=O) groups excluding carboxylic acids is 2. The molecule has 0 bridgehead atoms. The number of rotatable bonds is 9. The molecule has 39 heavy (non-hydrogen) atoms. The number of hydrazone groups is 1. The van der Waals surface area contributed by atoms with E-state index in [1.807, 2.05) is 41.8 Å². The van der Waals surface area contributed by atoms with E-state index in [1.54, 1.807) is 41.1 Å². The average Bonchev–Trinajstić information content (AvgIpc) is 3.71. The number of thioether (sulfide) groups is 1. The lowest BCUT2D eigenvalue weighted by Crippen LogP contribution is -2.28. The third kappa shape index (κ3) is 5.86. The van der Waals surface area contributed by atoms with Crippen LogP contribution in [0.3, 0.4) is 0 Å². The van der Waals surface area contributed by atoms with Gasteiger partial charge in [-0.25, -0.2) is 9.40 Å². The maximum Gasteiger partial charge on any atom is 0.254 e. The van der Waals surface area contributed by atoms with Gasteiger partial charge in [0.05, 0.1) is 41.6 Å². The Balaban J connectivity index is 1.25. The van der Waals surface area contributed by atoms with Crippen molar-refractivity contribution in [1.82, 2.24) is 25.1 Å². The monoisotopic (exact) mass is 564 g/mol. The minimum absolute atomic E-state index is 0.0423. The van der Waals surface area contributed by atoms with Gasteiger partial charge in [-0.1, -0.05) is 42.1 Å². The van der Waals surface area contributed by atoms with Crippen molar-refractivity contribution < 1.29 is 18.7 Å². The van der Waals surface area contributed by atoms with Crippen LogP contribution >= 0.6 is 23.1 Å². The number of ether oxygens (including phenoxy) is 1. The Morgan fingerprint density at radius 2 is 1.92 bits per heavy atom. The van der Waals surface area contributed by atoms with Crippen molar-refractivity contribution >= 4 is 40.6 Å². The molecule has 12 heteroatoms. The molecule has 0 aliphatic carbocycles. The number of hydrogen-bond acceptors (Lipinski definition) is 8. The van der Waals surface area contributed by atoms with Crippen LogP contribution in [0.1, 0.15) is 39.1 Å². The summed E-state index contributed by atoms with van der Waals surface area (Å²) in [5.74, 6) is 0.0185. The van der Waals surface area contributed by atoms with Crippen LogP contribution in [0.4, 0.5) is 4.39 Å². The highest BCUT2D eigenvalue weighted by Crippen LogP contribution is 2.35. The standard InChI is InChI=1S/C27H25FN6O3S2/c1-33-24(15-29-26(36)19-6-3-4-7-20(19)28)30-31-27(33)39-16-25(35)34-22(17-9-11-18(37-2)12-10-17)14-21(32-34)23-8-5-13-38-23/h3-13,22H,14-16H2,1-2H3,(H,29,36)/t22-/m1/s1. The zero-order valence-corrected chi connectivity index (χ0v) is 22.8. The van der Waals surface area contributed by atoms with Crippen LogP contribution in [0.25, 0.3) is 0 Å². The summed E-state index contributed by atoms with van der Waals surface area (Å²) in [5.41, 5.74) is 1.80. The Morgan fingerprint density at radius 1 is 1.13 bits per heavy atom. The Bertz CT molecular complexity index is 1500. The SMILES string of the molecule is COc1ccc([C@H]2CC(c3cccs3)=NN2C(=O)CSc2nnc(CNC(=O)c3ccccc3F)n2C)cc1. The second-order valence-electron chi connectivity index (χ2n) is 8.66. The van der Waals surface area contributed by atoms with E-state index in [0.717, 1.165) is 21.9 Å². The summed E-state index contributed by atoms with van der Waals surface area (Å²) in [7, 11) is 3.37. The molecule has 1 N–H and O–H groups in total. The molecule has 2 amide bonds. The van der Waals surface area contributed by atoms with Gasteiger partial charge in [-0.2, -0.15) is 5.10 Å². The molecule has 1 atom stereocenters. The van der Waals surface area contributed by atoms with Gasteiger partial charge in [-0.3, -0.25) is 9.59 Å². The number of thiophene rings is 1. The Hall–Kier alpha value is -4.03. The number of methoxy groups -OCH3 is 1. The van der Waals surface area contributed by atoms with Crippen LogP contribution in [0.5, 0.6) is 5.75 Å². The third-order valence-electron chi connectivity index (χ3n) is 6.25. The van der Waals surface area contributed by atoms with Crippen LogP contribution in [-0.2, 0) is 18.4 Å². The molecule has 3 heterocycles. The molecule has 5 rings (SSSR count). The number of benzene rings is 2. The first kappa shape index (κ1) is 26.6. The fraction of sp³-hybridized carbons (Fsp3) is 0.222. The lowest BCUT2D eigenvalue weighted by molar-refractivity contribution is -0.130. The van der Waals surface area contributed by atoms with Gasteiger partial charge in [-0.05, 0) is 41.3 Å². The first-order valence-electron chi connectivity index (χ1n) is 12.1. The number of hydrogen-bond donors (Lipinski definition) is 1. The first-order chi connectivity index (χ1) is 18.9. The number of aromatic nitrogens is 3. The predicted molar refractivity (Wildman–Crippen MR) is 147 cm³/mol. The Kier molecular flexibility index (Phi) is 8.03. The number of halogens is 1. The van der Waals surface area contributed by atoms with E-state index in [0.29, 0.717) is 17.4 Å². The molecule has 2 aromatic carbocycles. The summed E-state index contributed by atoms with van der Waals surface area (Å²) >= 11 is 2.83. The van der Waals surface area contributed by atoms with Crippen LogP contribution in [0, 0.1) is 5.82 Å². The summed E-state index contributed by atoms with van der Waals surface area (Å²) < 4.78 is 20.9. The minimum atomic E-state index is -0.595. The molecule has 0 unspecified atom stereocenters. The Morgan fingerprint density at radius 3 is 2.64 bits per heavy atom. The van der Waals surface area contributed by atoms with Gasteiger partial charge in [0, 0.05) is 13.5 Å². The summed E-state index contributed by atoms with van der Waals surface area (Å²) in [6, 6.07) is 17.2. The van der Waals surface area contributed by atoms with Crippen LogP contribution < -0.4 is 10.1 Å². The summed E-state index contributed by atoms with van der Waals surface area (Å²) in [6.07, 6.45) is 0.610. The van der Waals surface area contributed by atoms with Crippen molar-refractivity contribution in [2.75, 3.05) is 12.9 Å². The van der Waals surface area contributed by atoms with Crippen LogP contribution in [0.2, 0.25) is 0 Å². The lowest BCUT2D eigenvalue weighted by Gasteiger charge is -2.22. The normalized spacial score (nSPS) is 14.8. The van der Waals surface area contributed by atoms with E-state index in [4.69, 9.17) is 9.84 Å². The molecule has 1 aliphatic rings. The Labute approximate surface area is 232 Å². The van der Waals surface area contributed by atoms with Gasteiger partial charge in [-0.15, -0.1) is 21.5 Å². The highest BCUT2D eigenvalue weighted by molar-refractivity contribution is 7.99. The maximum atomic E-state index is 13.9. The van der Waals surface area contributed by atoms with Gasteiger partial charge in [0.25, 0.3) is 11.8 Å². The van der Waals surface area contributed by atoms with Gasteiger partial charge in [0.2, 0.25) is 0 Å². The maximum absolute atomic E-state index is 13.9. The van der Waals surface area contributed by atoms with Gasteiger partial charge < -0.3 is 14.6 Å². The molecule has 0 spiro atoms. The molecule has 0 radical (unpaired) electrons. The molecule has 0 saturated heterocycles. The zero-order valence-electron chi connectivity index (χ0n) is 21.2. The van der Waals surface area contributed by atoms with E-state index < -0.39 is 11.7 Å². The molecule has 4 aromatic rings. The molecule has 0 saturated carbocycles. The van der Waals surface area contributed by atoms with E-state index in [-0.39, 0.29) is 29.8 Å². The quantitative estimate of drug-likeness (QED) is 0.302. The first-order valence-corrected chi connectivity index (χ1v) is 13.9. The molecule has 0 fully saturated rings. The highest BCUT2D eigenvalue weighted by Gasteiger charge is 2.33. The molecule has 2 aromatic heterocycles. The van der Waals surface area contributed by atoms with Gasteiger partial charge in [0.1, 0.15) is 11.6 Å². The van der Waals surface area contributed by atoms with Crippen molar-refractivity contribution in [3.05, 3.63) is 93.7 Å². The number of amides is 2. The van der Waals surface area contributed by atoms with Crippen molar-refractivity contribution in [2.45, 2.75) is 24.2 Å². The van der Waals surface area contributed by atoms with E-state index >= 15 is 0 Å². The topological polar surface area (TPSA) is 102 Å². The summed E-state index contributed by atoms with van der Waals surface area (Å²) in [6.45, 7) is 0.0608. The van der Waals surface area contributed by atoms with E-state index in [2.05, 4.69) is 15.5 Å². The lowest BCUT2D eigenvalue weighted by atomic mass is 10.0. The fourth-order valence-corrected chi connectivity index (χ4v) is 5.64. The largest absolute Gasteiger partial charge is 0.497 e. The van der Waals surface area contributed by atoms with Crippen LogP contribution in [-0.4, -0.2) is 50.2 Å². The second kappa shape index (κ2) is 11.8. The highest BCUT2D eigenvalue weighted by atomic mass is 32.2. The van der Waals surface area contributed by atoms with Crippen molar-refractivity contribution in [1.29, 1.82) is 0 Å². The summed E-state index contributed by atoms with van der Waals surface area (Å²) in [5, 5.41) is 19.7. The number of nitrogens with one attached hydrogen (secondary N) is 1. The van der Waals surface area contributed by atoms with Crippen molar-refractivity contribution in [3.63, 3.8) is 0 Å². The number of carbonyl (C=O) groups is 2. The van der Waals surface area contributed by atoms with E-state index in [1.165, 1.54) is 30.0 Å². The smallest absolute Gasteiger partial charge is 0.254 e. The minimum Gasteiger partial charge on any atom is -0.497 e. The zero-order chi connectivity index (χ0) is 27.4. The molecular formula is C27H25FN6O3S2. The number of nitrogens with zero attached hydrogens (tertiary/aromatic N) is 5. The molecule has 1 aliphatic heterocycles. The molecular weight excluding hydrogens is 539 g/mol. The van der Waals surface area contributed by atoms with Crippen molar-refractivity contribution in [2.24, 2.45) is 12.1 Å². The average molecular weight is 565 g/mol. The summed E-state index contributed by atoms with van der Waals surface area (Å²) in [4.78, 5) is 26.8. The fourth-order valence-electron chi connectivity index (χ4n) is 4.13. The molecule has 200 valence electrons. The van der Waals surface area contributed by atoms with E-state index in [9.17, 15) is 14.0 Å². The van der Waals surface area contributed by atoms with Gasteiger partial charge in [0.15, 0.2) is 11.0 Å². The van der Waals surface area contributed by atoms with Crippen molar-refractivity contribution in [3.8, 4) is 5.75 Å². The second-order valence-corrected chi connectivity index (χ2v) is 10.6.